The van der Waals surface area contributed by atoms with Crippen LogP contribution in [0.15, 0.2) is 65.7 Å². The van der Waals surface area contributed by atoms with Gasteiger partial charge in [-0.05, 0) is 36.8 Å². The number of sulfonamides is 1. The van der Waals surface area contributed by atoms with Crippen molar-refractivity contribution in [2.45, 2.75) is 17.9 Å². The summed E-state index contributed by atoms with van der Waals surface area (Å²) in [4.78, 5) is 3.84. The summed E-state index contributed by atoms with van der Waals surface area (Å²) in [7, 11) is -4.07. The van der Waals surface area contributed by atoms with Crippen molar-refractivity contribution < 1.29 is 22.3 Å². The Balaban J connectivity index is 1.66. The molecule has 0 aliphatic rings. The molecule has 0 fully saturated rings. The van der Waals surface area contributed by atoms with Crippen LogP contribution in [0.5, 0.6) is 0 Å². The largest absolute Gasteiger partial charge is 0.387 e. The van der Waals surface area contributed by atoms with Gasteiger partial charge >= 0.3 is 0 Å². The number of hydrogen-bond acceptors (Lipinski definition) is 5. The molecule has 0 saturated carbocycles. The maximum Gasteiger partial charge on any atom is 0.263 e. The quantitative estimate of drug-likeness (QED) is 0.544. The molecule has 152 valence electrons. The van der Waals surface area contributed by atoms with Crippen LogP contribution in [-0.2, 0) is 10.0 Å². The van der Waals surface area contributed by atoms with Crippen molar-refractivity contribution in [3.05, 3.63) is 83.6 Å². The Kier molecular flexibility index (Phi) is 6.09. The summed E-state index contributed by atoms with van der Waals surface area (Å²) < 4.78 is 53.3. The Morgan fingerprint density at radius 2 is 1.79 bits per heavy atom. The third-order valence-electron chi connectivity index (χ3n) is 4.06. The summed E-state index contributed by atoms with van der Waals surface area (Å²) in [5, 5.41) is 13.2. The molecule has 0 saturated heterocycles. The molecule has 3 aromatic rings. The number of benzene rings is 2. The first-order valence-corrected chi connectivity index (χ1v) is 10.1. The molecule has 2 aromatic carbocycles. The highest BCUT2D eigenvalue weighted by Crippen LogP contribution is 2.20. The molecule has 6 nitrogen and oxygen atoms in total. The number of aromatic nitrogens is 1. The van der Waals surface area contributed by atoms with E-state index in [9.17, 15) is 22.3 Å². The topological polar surface area (TPSA) is 91.3 Å². The van der Waals surface area contributed by atoms with E-state index in [1.165, 1.54) is 12.1 Å². The minimum Gasteiger partial charge on any atom is -0.387 e. The van der Waals surface area contributed by atoms with E-state index in [4.69, 9.17) is 0 Å². The summed E-state index contributed by atoms with van der Waals surface area (Å²) in [5.41, 5.74) is 1.55. The van der Waals surface area contributed by atoms with Crippen molar-refractivity contribution in [2.24, 2.45) is 0 Å². The Morgan fingerprint density at radius 1 is 1.07 bits per heavy atom. The van der Waals surface area contributed by atoms with Gasteiger partial charge in [-0.1, -0.05) is 29.8 Å². The number of pyridine rings is 1. The lowest BCUT2D eigenvalue weighted by atomic mass is 10.1. The van der Waals surface area contributed by atoms with Gasteiger partial charge in [-0.3, -0.25) is 4.72 Å². The van der Waals surface area contributed by atoms with Gasteiger partial charge in [0.1, 0.15) is 22.3 Å². The summed E-state index contributed by atoms with van der Waals surface area (Å²) in [6.07, 6.45) is 0.351. The lowest BCUT2D eigenvalue weighted by Crippen LogP contribution is -2.15. The number of nitrogens with zero attached hydrogens (tertiary/aromatic N) is 1. The smallest absolute Gasteiger partial charge is 0.263 e. The van der Waals surface area contributed by atoms with Gasteiger partial charge in [-0.15, -0.1) is 0 Å². The zero-order valence-corrected chi connectivity index (χ0v) is 16.2. The Labute approximate surface area is 167 Å². The fourth-order valence-electron chi connectivity index (χ4n) is 2.67. The van der Waals surface area contributed by atoms with Crippen molar-refractivity contribution in [3.63, 3.8) is 0 Å². The monoisotopic (exact) mass is 419 g/mol. The predicted molar refractivity (Wildman–Crippen MR) is 106 cm³/mol. The maximum atomic E-state index is 13.2. The van der Waals surface area contributed by atoms with Crippen molar-refractivity contribution in [1.82, 2.24) is 4.98 Å². The van der Waals surface area contributed by atoms with Gasteiger partial charge in [0, 0.05) is 18.8 Å². The van der Waals surface area contributed by atoms with Gasteiger partial charge in [0.15, 0.2) is 0 Å². The second-order valence-corrected chi connectivity index (χ2v) is 8.14. The minimum atomic E-state index is -4.07. The van der Waals surface area contributed by atoms with Crippen LogP contribution in [0.25, 0.3) is 0 Å². The Hall–Kier alpha value is -3.04. The number of hydrogen-bond donors (Lipinski definition) is 3. The number of rotatable bonds is 7. The first-order chi connectivity index (χ1) is 13.7. The number of anilines is 2. The Bertz CT molecular complexity index is 1090. The van der Waals surface area contributed by atoms with Gasteiger partial charge in [0.05, 0.1) is 11.8 Å². The lowest BCUT2D eigenvalue weighted by molar-refractivity contribution is 0.191. The van der Waals surface area contributed by atoms with Crippen LogP contribution in [0.4, 0.5) is 20.3 Å². The van der Waals surface area contributed by atoms with Gasteiger partial charge in [-0.25, -0.2) is 22.2 Å². The molecule has 0 bridgehead atoms. The molecule has 3 rings (SSSR count). The lowest BCUT2D eigenvalue weighted by Gasteiger charge is -2.14. The molecule has 1 aromatic heterocycles. The average molecular weight is 419 g/mol. The van der Waals surface area contributed by atoms with E-state index < -0.39 is 27.8 Å². The van der Waals surface area contributed by atoms with E-state index >= 15 is 0 Å². The average Bonchev–Trinajstić information content (AvgIpc) is 2.65. The summed E-state index contributed by atoms with van der Waals surface area (Å²) in [6.45, 7) is 2.11. The SMILES string of the molecule is Cc1cccc(C(O)CNc2ccc(S(=O)(=O)Nc3cc(F)cc(F)c3)cn2)c1. The van der Waals surface area contributed by atoms with Crippen LogP contribution in [-0.4, -0.2) is 25.1 Å². The molecule has 0 aliphatic carbocycles. The second kappa shape index (κ2) is 8.54. The van der Waals surface area contributed by atoms with Crippen molar-refractivity contribution in [2.75, 3.05) is 16.6 Å². The number of aliphatic hydroxyl groups is 1. The fourth-order valence-corrected chi connectivity index (χ4v) is 3.65. The molecule has 0 aliphatic heterocycles. The first kappa shape index (κ1) is 20.7. The molecule has 3 N–H and O–H groups in total. The highest BCUT2D eigenvalue weighted by molar-refractivity contribution is 7.92. The van der Waals surface area contributed by atoms with E-state index in [-0.39, 0.29) is 17.1 Å². The molecular weight excluding hydrogens is 400 g/mol. The summed E-state index contributed by atoms with van der Waals surface area (Å²) in [5.74, 6) is -1.42. The third kappa shape index (κ3) is 5.49. The van der Waals surface area contributed by atoms with Crippen LogP contribution in [0, 0.1) is 18.6 Å². The first-order valence-electron chi connectivity index (χ1n) is 8.66. The number of aliphatic hydroxyl groups excluding tert-OH is 1. The van der Waals surface area contributed by atoms with Gasteiger partial charge < -0.3 is 10.4 Å². The molecule has 9 heteroatoms. The highest BCUT2D eigenvalue weighted by Gasteiger charge is 2.16. The molecule has 0 amide bonds. The maximum absolute atomic E-state index is 13.2. The van der Waals surface area contributed by atoms with E-state index in [1.807, 2.05) is 31.2 Å². The molecule has 0 radical (unpaired) electrons. The Morgan fingerprint density at radius 3 is 2.41 bits per heavy atom. The molecule has 1 heterocycles. The van der Waals surface area contributed by atoms with Crippen LogP contribution in [0.1, 0.15) is 17.2 Å². The van der Waals surface area contributed by atoms with E-state index in [1.54, 1.807) is 0 Å². The van der Waals surface area contributed by atoms with E-state index in [0.717, 1.165) is 29.5 Å². The summed E-state index contributed by atoms with van der Waals surface area (Å²) >= 11 is 0. The number of nitrogens with one attached hydrogen (secondary N) is 2. The summed E-state index contributed by atoms with van der Waals surface area (Å²) in [6, 6.07) is 12.6. The van der Waals surface area contributed by atoms with Crippen LogP contribution >= 0.6 is 0 Å². The van der Waals surface area contributed by atoms with E-state index in [2.05, 4.69) is 15.0 Å². The third-order valence-corrected chi connectivity index (χ3v) is 5.43. The van der Waals surface area contributed by atoms with Crippen LogP contribution in [0.3, 0.4) is 0 Å². The standard InChI is InChI=1S/C20H19F2N3O3S/c1-13-3-2-4-14(7-13)19(26)12-24-20-6-5-18(11-23-20)29(27,28)25-17-9-15(21)8-16(22)10-17/h2-11,19,25-26H,12H2,1H3,(H,23,24). The van der Waals surface area contributed by atoms with E-state index in [0.29, 0.717) is 11.9 Å². The normalized spacial score (nSPS) is 12.4. The minimum absolute atomic E-state index is 0.174. The highest BCUT2D eigenvalue weighted by atomic mass is 32.2. The zero-order valence-electron chi connectivity index (χ0n) is 15.4. The molecule has 1 atom stereocenters. The zero-order chi connectivity index (χ0) is 21.0. The van der Waals surface area contributed by atoms with Gasteiger partial charge in [0.2, 0.25) is 0 Å². The van der Waals surface area contributed by atoms with Crippen LogP contribution in [0.2, 0.25) is 0 Å². The molecule has 1 unspecified atom stereocenters. The van der Waals surface area contributed by atoms with Crippen molar-refractivity contribution in [1.29, 1.82) is 0 Å². The molecule has 0 spiro atoms. The second-order valence-electron chi connectivity index (χ2n) is 6.45. The van der Waals surface area contributed by atoms with Gasteiger partial charge in [-0.2, -0.15) is 0 Å². The molecular formula is C20H19F2N3O3S. The number of aryl methyl sites for hydroxylation is 1. The fraction of sp³-hybridized carbons (Fsp3) is 0.150. The predicted octanol–water partition coefficient (Wildman–Crippen LogP) is 3.61. The van der Waals surface area contributed by atoms with Crippen molar-refractivity contribution in [3.8, 4) is 0 Å². The number of halogens is 2. The van der Waals surface area contributed by atoms with Gasteiger partial charge in [0.25, 0.3) is 10.0 Å². The molecule has 29 heavy (non-hydrogen) atoms. The van der Waals surface area contributed by atoms with Crippen LogP contribution < -0.4 is 10.0 Å². The van der Waals surface area contributed by atoms with Crippen molar-refractivity contribution >= 4 is 21.5 Å².